The summed E-state index contributed by atoms with van der Waals surface area (Å²) in [5, 5.41) is 12.9. The lowest BCUT2D eigenvalue weighted by Gasteiger charge is -2.26. The Hall–Kier alpha value is -4.25. The van der Waals surface area contributed by atoms with Gasteiger partial charge in [-0.2, -0.15) is 0 Å². The molecule has 1 N–H and O–H groups in total. The molecule has 1 saturated heterocycles. The van der Waals surface area contributed by atoms with E-state index in [4.69, 9.17) is 0 Å². The first-order chi connectivity index (χ1) is 15.2. The number of anilines is 1. The average molecular weight is 406 g/mol. The SMILES string of the molecule is O=C1C(=O)N(c2cccc3ccccc23)C(c2cccnc2)/C1=C(\O)c1ccccc1. The number of benzene rings is 3. The molecule has 1 aliphatic heterocycles. The van der Waals surface area contributed by atoms with Gasteiger partial charge in [0.25, 0.3) is 11.7 Å². The number of rotatable bonds is 3. The molecule has 1 aromatic heterocycles. The number of pyridine rings is 1. The van der Waals surface area contributed by atoms with Crippen molar-refractivity contribution in [3.8, 4) is 0 Å². The fourth-order valence-corrected chi connectivity index (χ4v) is 4.10. The highest BCUT2D eigenvalue weighted by Gasteiger charge is 2.47. The maximum atomic E-state index is 13.3. The van der Waals surface area contributed by atoms with Crippen molar-refractivity contribution in [2.75, 3.05) is 4.90 Å². The molecule has 1 aliphatic rings. The maximum absolute atomic E-state index is 13.3. The summed E-state index contributed by atoms with van der Waals surface area (Å²) in [7, 11) is 0. The highest BCUT2D eigenvalue weighted by molar-refractivity contribution is 6.52. The lowest BCUT2D eigenvalue weighted by molar-refractivity contribution is -0.132. The number of ketones is 1. The molecule has 0 radical (unpaired) electrons. The molecule has 5 nitrogen and oxygen atoms in total. The van der Waals surface area contributed by atoms with Gasteiger partial charge < -0.3 is 5.11 Å². The molecule has 5 heteroatoms. The number of aliphatic hydroxyl groups is 1. The molecule has 0 saturated carbocycles. The van der Waals surface area contributed by atoms with E-state index in [1.807, 2.05) is 48.5 Å². The summed E-state index contributed by atoms with van der Waals surface area (Å²) >= 11 is 0. The van der Waals surface area contributed by atoms with Gasteiger partial charge in [0.05, 0.1) is 17.3 Å². The number of Topliss-reactive ketones (excluding diaryl/α,β-unsaturated/α-hetero) is 1. The number of carbonyl (C=O) groups is 2. The first-order valence-electron chi connectivity index (χ1n) is 9.91. The van der Waals surface area contributed by atoms with E-state index in [2.05, 4.69) is 4.98 Å². The average Bonchev–Trinajstić information content (AvgIpc) is 3.09. The molecule has 31 heavy (non-hydrogen) atoms. The molecule has 1 fully saturated rings. The predicted octanol–water partition coefficient (Wildman–Crippen LogP) is 4.86. The molecule has 0 bridgehead atoms. The molecule has 4 aromatic rings. The minimum Gasteiger partial charge on any atom is -0.507 e. The van der Waals surface area contributed by atoms with Crippen LogP contribution in [0.4, 0.5) is 5.69 Å². The Bertz CT molecular complexity index is 1330. The lowest BCUT2D eigenvalue weighted by atomic mass is 9.96. The Kier molecular flexibility index (Phi) is 4.56. The topological polar surface area (TPSA) is 70.5 Å². The second kappa shape index (κ2) is 7.54. The number of nitrogens with zero attached hydrogens (tertiary/aromatic N) is 2. The Balaban J connectivity index is 1.79. The maximum Gasteiger partial charge on any atom is 0.300 e. The van der Waals surface area contributed by atoms with Crippen LogP contribution in [0.2, 0.25) is 0 Å². The van der Waals surface area contributed by atoms with E-state index in [9.17, 15) is 14.7 Å². The number of fused-ring (bicyclic) bond motifs is 1. The minimum absolute atomic E-state index is 0.0529. The number of carbonyl (C=O) groups excluding carboxylic acids is 2. The van der Waals surface area contributed by atoms with Gasteiger partial charge in [-0.25, -0.2) is 0 Å². The van der Waals surface area contributed by atoms with Crippen LogP contribution in [-0.2, 0) is 9.59 Å². The summed E-state index contributed by atoms with van der Waals surface area (Å²) in [4.78, 5) is 32.1. The lowest BCUT2D eigenvalue weighted by Crippen LogP contribution is -2.29. The smallest absolute Gasteiger partial charge is 0.300 e. The van der Waals surface area contributed by atoms with Gasteiger partial charge in [0.15, 0.2) is 0 Å². The van der Waals surface area contributed by atoms with E-state index in [0.717, 1.165) is 10.8 Å². The second-order valence-electron chi connectivity index (χ2n) is 7.32. The normalized spacial score (nSPS) is 17.9. The van der Waals surface area contributed by atoms with Gasteiger partial charge in [-0.3, -0.25) is 19.5 Å². The van der Waals surface area contributed by atoms with Gasteiger partial charge in [0.1, 0.15) is 5.76 Å². The molecule has 0 aliphatic carbocycles. The number of aliphatic hydroxyl groups excluding tert-OH is 1. The van der Waals surface area contributed by atoms with Crippen molar-refractivity contribution in [2.45, 2.75) is 6.04 Å². The molecule has 3 aromatic carbocycles. The third-order valence-corrected chi connectivity index (χ3v) is 5.52. The number of aromatic nitrogens is 1. The molecule has 1 unspecified atom stereocenters. The van der Waals surface area contributed by atoms with Crippen molar-refractivity contribution in [3.63, 3.8) is 0 Å². The second-order valence-corrected chi connectivity index (χ2v) is 7.32. The third-order valence-electron chi connectivity index (χ3n) is 5.52. The van der Waals surface area contributed by atoms with E-state index in [1.54, 1.807) is 48.8 Å². The van der Waals surface area contributed by atoms with Crippen LogP contribution in [0, 0.1) is 0 Å². The van der Waals surface area contributed by atoms with Gasteiger partial charge in [-0.15, -0.1) is 0 Å². The predicted molar refractivity (Wildman–Crippen MR) is 119 cm³/mol. The van der Waals surface area contributed by atoms with Crippen LogP contribution in [0.1, 0.15) is 17.2 Å². The van der Waals surface area contributed by atoms with Crippen LogP contribution >= 0.6 is 0 Å². The van der Waals surface area contributed by atoms with Crippen molar-refractivity contribution >= 4 is 33.9 Å². The first kappa shape index (κ1) is 18.8. The van der Waals surface area contributed by atoms with Crippen molar-refractivity contribution < 1.29 is 14.7 Å². The molecule has 5 rings (SSSR count). The Labute approximate surface area is 178 Å². The van der Waals surface area contributed by atoms with E-state index in [-0.39, 0.29) is 11.3 Å². The Morgan fingerprint density at radius 3 is 2.35 bits per heavy atom. The van der Waals surface area contributed by atoms with Gasteiger partial charge in [0, 0.05) is 23.3 Å². The zero-order valence-corrected chi connectivity index (χ0v) is 16.5. The van der Waals surface area contributed by atoms with Crippen molar-refractivity contribution in [1.82, 2.24) is 4.98 Å². The molecule has 1 atom stereocenters. The van der Waals surface area contributed by atoms with E-state index >= 15 is 0 Å². The van der Waals surface area contributed by atoms with Crippen molar-refractivity contribution in [2.24, 2.45) is 0 Å². The molecule has 0 spiro atoms. The fraction of sp³-hybridized carbons (Fsp3) is 0.0385. The van der Waals surface area contributed by atoms with Crippen LogP contribution in [0.15, 0.2) is 103 Å². The molecular formula is C26H18N2O3. The zero-order valence-electron chi connectivity index (χ0n) is 16.5. The van der Waals surface area contributed by atoms with Crippen LogP contribution in [0.25, 0.3) is 16.5 Å². The van der Waals surface area contributed by atoms with Gasteiger partial charge in [-0.05, 0) is 23.1 Å². The molecular weight excluding hydrogens is 388 g/mol. The molecule has 2 heterocycles. The number of hydrogen-bond donors (Lipinski definition) is 1. The summed E-state index contributed by atoms with van der Waals surface area (Å²) in [6, 6.07) is 24.9. The highest BCUT2D eigenvalue weighted by atomic mass is 16.3. The van der Waals surface area contributed by atoms with Gasteiger partial charge >= 0.3 is 0 Å². The summed E-state index contributed by atoms with van der Waals surface area (Å²) in [5.41, 5.74) is 1.79. The van der Waals surface area contributed by atoms with Crippen LogP contribution in [0.3, 0.4) is 0 Å². The fourth-order valence-electron chi connectivity index (χ4n) is 4.10. The quantitative estimate of drug-likeness (QED) is 0.300. The molecule has 150 valence electrons. The van der Waals surface area contributed by atoms with Crippen LogP contribution in [-0.4, -0.2) is 21.8 Å². The van der Waals surface area contributed by atoms with Gasteiger partial charge in [0.2, 0.25) is 0 Å². The first-order valence-corrected chi connectivity index (χ1v) is 9.91. The largest absolute Gasteiger partial charge is 0.507 e. The van der Waals surface area contributed by atoms with E-state index in [0.29, 0.717) is 16.8 Å². The monoisotopic (exact) mass is 406 g/mol. The number of amides is 1. The van der Waals surface area contributed by atoms with E-state index in [1.165, 1.54) is 4.90 Å². The summed E-state index contributed by atoms with van der Waals surface area (Å²) < 4.78 is 0. The molecule has 1 amide bonds. The Morgan fingerprint density at radius 2 is 1.58 bits per heavy atom. The zero-order chi connectivity index (χ0) is 21.4. The summed E-state index contributed by atoms with van der Waals surface area (Å²) in [6.07, 6.45) is 3.25. The van der Waals surface area contributed by atoms with Crippen LogP contribution in [0.5, 0.6) is 0 Å². The standard InChI is InChI=1S/C26H18N2O3/c29-24(18-9-2-1-3-10-18)22-23(19-12-7-15-27-16-19)28(26(31)25(22)30)21-14-6-11-17-8-4-5-13-20(17)21/h1-16,23,29H/b24-22+. The van der Waals surface area contributed by atoms with E-state index < -0.39 is 17.7 Å². The summed E-state index contributed by atoms with van der Waals surface area (Å²) in [6.45, 7) is 0. The number of hydrogen-bond acceptors (Lipinski definition) is 4. The Morgan fingerprint density at radius 1 is 0.839 bits per heavy atom. The van der Waals surface area contributed by atoms with Crippen LogP contribution < -0.4 is 4.90 Å². The highest BCUT2D eigenvalue weighted by Crippen LogP contribution is 2.43. The minimum atomic E-state index is -0.792. The third kappa shape index (κ3) is 3.07. The van der Waals surface area contributed by atoms with Crippen molar-refractivity contribution in [3.05, 3.63) is 114 Å². The van der Waals surface area contributed by atoms with Crippen molar-refractivity contribution in [1.29, 1.82) is 0 Å². The van der Waals surface area contributed by atoms with Gasteiger partial charge in [-0.1, -0.05) is 72.8 Å². The summed E-state index contributed by atoms with van der Waals surface area (Å²) in [5.74, 6) is -1.60.